The largest absolute Gasteiger partial charge is 0.482 e. The molecule has 0 aliphatic carbocycles. The zero-order chi connectivity index (χ0) is 12.8. The number of aromatic nitrogens is 1. The summed E-state index contributed by atoms with van der Waals surface area (Å²) in [4.78, 5) is 11.5. The number of hydrogen-bond donors (Lipinski definition) is 1. The lowest BCUT2D eigenvalue weighted by Gasteiger charge is -2.06. The van der Waals surface area contributed by atoms with Gasteiger partial charge in [0.15, 0.2) is 6.61 Å². The van der Waals surface area contributed by atoms with Gasteiger partial charge in [-0.3, -0.25) is 4.79 Å². The van der Waals surface area contributed by atoms with Crippen LogP contribution in [0.25, 0.3) is 0 Å². The molecule has 0 spiro atoms. The fraction of sp³-hybridized carbons (Fsp3) is 0.0833. The standard InChI is InChI=1S/C12H9N3O3/c13-5-9-3-1-2-4-11(9)17-8-12(16)15-10-6-14-18-7-10/h1-4,6-7H,8H2,(H,15,16). The van der Waals surface area contributed by atoms with Crippen molar-refractivity contribution in [3.8, 4) is 11.8 Å². The molecule has 2 aromatic rings. The van der Waals surface area contributed by atoms with Crippen molar-refractivity contribution in [3.63, 3.8) is 0 Å². The number of nitriles is 1. The zero-order valence-corrected chi connectivity index (χ0v) is 9.29. The second kappa shape index (κ2) is 5.50. The third-order valence-electron chi connectivity index (χ3n) is 2.08. The van der Waals surface area contributed by atoms with Gasteiger partial charge < -0.3 is 14.6 Å². The predicted molar refractivity (Wildman–Crippen MR) is 61.8 cm³/mol. The smallest absolute Gasteiger partial charge is 0.262 e. The Morgan fingerprint density at radius 3 is 3.06 bits per heavy atom. The van der Waals surface area contributed by atoms with E-state index in [1.54, 1.807) is 24.3 Å². The second-order valence-electron chi connectivity index (χ2n) is 3.36. The third kappa shape index (κ3) is 2.86. The maximum atomic E-state index is 11.5. The molecule has 90 valence electrons. The average molecular weight is 243 g/mol. The monoisotopic (exact) mass is 243 g/mol. The van der Waals surface area contributed by atoms with Crippen molar-refractivity contribution in [3.05, 3.63) is 42.3 Å². The van der Waals surface area contributed by atoms with Crippen LogP contribution in [0.4, 0.5) is 5.69 Å². The number of amides is 1. The van der Waals surface area contributed by atoms with Crippen molar-refractivity contribution in [1.29, 1.82) is 5.26 Å². The summed E-state index contributed by atoms with van der Waals surface area (Å²) in [5, 5.41) is 14.8. The first kappa shape index (κ1) is 11.7. The van der Waals surface area contributed by atoms with Crippen molar-refractivity contribution in [1.82, 2.24) is 5.16 Å². The number of ether oxygens (including phenoxy) is 1. The highest BCUT2D eigenvalue weighted by molar-refractivity contribution is 5.91. The summed E-state index contributed by atoms with van der Waals surface area (Å²) in [6.07, 6.45) is 2.68. The van der Waals surface area contributed by atoms with Gasteiger partial charge in [0, 0.05) is 0 Å². The van der Waals surface area contributed by atoms with E-state index in [-0.39, 0.29) is 12.5 Å². The van der Waals surface area contributed by atoms with Gasteiger partial charge in [-0.15, -0.1) is 0 Å². The van der Waals surface area contributed by atoms with Crippen LogP contribution in [0.5, 0.6) is 5.75 Å². The Bertz CT molecular complexity index is 573. The van der Waals surface area contributed by atoms with Gasteiger partial charge in [0.1, 0.15) is 23.8 Å². The summed E-state index contributed by atoms with van der Waals surface area (Å²) < 4.78 is 9.82. The van der Waals surface area contributed by atoms with Gasteiger partial charge in [-0.25, -0.2) is 0 Å². The number of nitrogens with one attached hydrogen (secondary N) is 1. The van der Waals surface area contributed by atoms with E-state index in [0.717, 1.165) is 0 Å². The molecule has 1 aromatic carbocycles. The van der Waals surface area contributed by atoms with Crippen LogP contribution in [0.15, 0.2) is 41.2 Å². The minimum atomic E-state index is -0.356. The Hall–Kier alpha value is -2.81. The summed E-state index contributed by atoms with van der Waals surface area (Å²) in [6, 6.07) is 8.69. The molecular weight excluding hydrogens is 234 g/mol. The molecule has 0 aliphatic heterocycles. The fourth-order valence-electron chi connectivity index (χ4n) is 1.29. The first-order chi connectivity index (χ1) is 8.79. The number of anilines is 1. The van der Waals surface area contributed by atoms with Gasteiger partial charge >= 0.3 is 0 Å². The van der Waals surface area contributed by atoms with Crippen molar-refractivity contribution in [2.45, 2.75) is 0 Å². The predicted octanol–water partition coefficient (Wildman–Crippen LogP) is 1.56. The van der Waals surface area contributed by atoms with Crippen LogP contribution < -0.4 is 10.1 Å². The molecule has 1 N–H and O–H groups in total. The molecule has 0 saturated heterocycles. The van der Waals surface area contributed by atoms with Crippen LogP contribution in [0, 0.1) is 11.3 Å². The number of carbonyl (C=O) groups excluding carboxylic acids is 1. The maximum Gasteiger partial charge on any atom is 0.262 e. The van der Waals surface area contributed by atoms with E-state index in [1.165, 1.54) is 12.5 Å². The Morgan fingerprint density at radius 1 is 1.50 bits per heavy atom. The van der Waals surface area contributed by atoms with Crippen LogP contribution in [0.3, 0.4) is 0 Å². The summed E-state index contributed by atoms with van der Waals surface area (Å²) in [6.45, 7) is -0.191. The Balaban J connectivity index is 1.92. The van der Waals surface area contributed by atoms with Gasteiger partial charge in [0.05, 0.1) is 11.8 Å². The number of nitrogens with zero attached hydrogens (tertiary/aromatic N) is 2. The van der Waals surface area contributed by atoms with Crippen LogP contribution in [-0.4, -0.2) is 17.7 Å². The lowest BCUT2D eigenvalue weighted by atomic mass is 10.2. The second-order valence-corrected chi connectivity index (χ2v) is 3.36. The molecule has 0 aliphatic rings. The Labute approximate surface area is 103 Å². The molecule has 18 heavy (non-hydrogen) atoms. The van der Waals surface area contributed by atoms with E-state index >= 15 is 0 Å². The van der Waals surface area contributed by atoms with Gasteiger partial charge in [-0.1, -0.05) is 17.3 Å². The highest BCUT2D eigenvalue weighted by Crippen LogP contribution is 2.16. The lowest BCUT2D eigenvalue weighted by molar-refractivity contribution is -0.118. The van der Waals surface area contributed by atoms with Crippen molar-refractivity contribution in [2.75, 3.05) is 11.9 Å². The average Bonchev–Trinajstić information content (AvgIpc) is 2.89. The number of hydrogen-bond acceptors (Lipinski definition) is 5. The zero-order valence-electron chi connectivity index (χ0n) is 9.29. The van der Waals surface area contributed by atoms with E-state index in [2.05, 4.69) is 15.0 Å². The molecule has 0 radical (unpaired) electrons. The summed E-state index contributed by atoms with van der Waals surface area (Å²) in [5.41, 5.74) is 0.840. The van der Waals surface area contributed by atoms with Gasteiger partial charge in [-0.2, -0.15) is 5.26 Å². The quantitative estimate of drug-likeness (QED) is 0.880. The van der Waals surface area contributed by atoms with E-state index in [4.69, 9.17) is 10.00 Å². The van der Waals surface area contributed by atoms with Gasteiger partial charge in [-0.05, 0) is 12.1 Å². The van der Waals surface area contributed by atoms with Crippen LogP contribution in [-0.2, 0) is 4.79 Å². The molecule has 0 saturated carbocycles. The number of para-hydroxylation sites is 1. The van der Waals surface area contributed by atoms with Crippen molar-refractivity contribution < 1.29 is 14.1 Å². The molecule has 0 unspecified atom stereocenters. The topological polar surface area (TPSA) is 88.1 Å². The van der Waals surface area contributed by atoms with Crippen molar-refractivity contribution in [2.24, 2.45) is 0 Å². The minimum absolute atomic E-state index is 0.191. The highest BCUT2D eigenvalue weighted by atomic mass is 16.5. The third-order valence-corrected chi connectivity index (χ3v) is 2.08. The molecule has 1 aromatic heterocycles. The maximum absolute atomic E-state index is 11.5. The molecule has 6 nitrogen and oxygen atoms in total. The lowest BCUT2D eigenvalue weighted by Crippen LogP contribution is -2.20. The molecule has 0 bridgehead atoms. The Kier molecular flexibility index (Phi) is 3.56. The van der Waals surface area contributed by atoms with Crippen LogP contribution in [0.2, 0.25) is 0 Å². The molecule has 6 heteroatoms. The minimum Gasteiger partial charge on any atom is -0.482 e. The molecule has 1 amide bonds. The first-order valence-corrected chi connectivity index (χ1v) is 5.11. The summed E-state index contributed by atoms with van der Waals surface area (Å²) >= 11 is 0. The van der Waals surface area contributed by atoms with E-state index in [9.17, 15) is 4.79 Å². The highest BCUT2D eigenvalue weighted by Gasteiger charge is 2.07. The molecular formula is C12H9N3O3. The van der Waals surface area contributed by atoms with Crippen LogP contribution in [0.1, 0.15) is 5.56 Å². The van der Waals surface area contributed by atoms with E-state index in [0.29, 0.717) is 17.0 Å². The molecule has 1 heterocycles. The number of carbonyl (C=O) groups is 1. The molecule has 0 fully saturated rings. The summed E-state index contributed by atoms with van der Waals surface area (Å²) in [5.74, 6) is 0.0198. The van der Waals surface area contributed by atoms with Gasteiger partial charge in [0.2, 0.25) is 0 Å². The summed E-state index contributed by atoms with van der Waals surface area (Å²) in [7, 11) is 0. The van der Waals surface area contributed by atoms with Crippen molar-refractivity contribution >= 4 is 11.6 Å². The Morgan fingerprint density at radius 2 is 2.33 bits per heavy atom. The van der Waals surface area contributed by atoms with Crippen LogP contribution >= 0.6 is 0 Å². The van der Waals surface area contributed by atoms with E-state index in [1.807, 2.05) is 6.07 Å². The fourth-order valence-corrected chi connectivity index (χ4v) is 1.29. The van der Waals surface area contributed by atoms with Gasteiger partial charge in [0.25, 0.3) is 5.91 Å². The first-order valence-electron chi connectivity index (χ1n) is 5.11. The number of benzene rings is 1. The normalized spacial score (nSPS) is 9.50. The number of rotatable bonds is 4. The van der Waals surface area contributed by atoms with E-state index < -0.39 is 0 Å². The molecule has 2 rings (SSSR count). The SMILES string of the molecule is N#Cc1ccccc1OCC(=O)Nc1cnoc1. The molecule has 0 atom stereocenters.